The Morgan fingerprint density at radius 3 is 2.80 bits per heavy atom. The highest BCUT2D eigenvalue weighted by Crippen LogP contribution is 2.24. The second-order valence-electron chi connectivity index (χ2n) is 4.68. The second-order valence-corrected chi connectivity index (χ2v) is 4.68. The van der Waals surface area contributed by atoms with Crippen molar-refractivity contribution in [1.82, 2.24) is 15.3 Å². The number of nitrogens with zero attached hydrogens (tertiary/aromatic N) is 2. The van der Waals surface area contributed by atoms with E-state index in [4.69, 9.17) is 9.47 Å². The third-order valence-corrected chi connectivity index (χ3v) is 3.29. The number of rotatable bonds is 6. The molecule has 0 aliphatic carbocycles. The lowest BCUT2D eigenvalue weighted by molar-refractivity contribution is 0.0480. The minimum atomic E-state index is -0.416. The van der Waals surface area contributed by atoms with Crippen LogP contribution in [0.25, 0.3) is 0 Å². The normalized spacial score (nSPS) is 14.9. The van der Waals surface area contributed by atoms with Gasteiger partial charge in [-0.05, 0) is 13.3 Å². The van der Waals surface area contributed by atoms with E-state index >= 15 is 0 Å². The van der Waals surface area contributed by atoms with Crippen molar-refractivity contribution >= 4 is 5.97 Å². The Bertz CT molecular complexity index is 485. The van der Waals surface area contributed by atoms with Crippen LogP contribution in [0.5, 0.6) is 0 Å². The van der Waals surface area contributed by atoms with Crippen molar-refractivity contribution in [3.63, 3.8) is 0 Å². The molecule has 1 unspecified atom stereocenters. The van der Waals surface area contributed by atoms with E-state index in [9.17, 15) is 4.79 Å². The number of hydrogen-bond acceptors (Lipinski definition) is 6. The van der Waals surface area contributed by atoms with Gasteiger partial charge in [-0.3, -0.25) is 0 Å². The molecule has 2 rings (SSSR count). The van der Waals surface area contributed by atoms with Crippen LogP contribution in [0.3, 0.4) is 0 Å². The quantitative estimate of drug-likeness (QED) is 0.800. The summed E-state index contributed by atoms with van der Waals surface area (Å²) >= 11 is 0. The molecule has 110 valence electrons. The summed E-state index contributed by atoms with van der Waals surface area (Å²) in [5.74, 6) is 0.164. The molecule has 0 amide bonds. The van der Waals surface area contributed by atoms with Gasteiger partial charge in [-0.2, -0.15) is 0 Å². The highest BCUT2D eigenvalue weighted by atomic mass is 16.5. The molecule has 1 aromatic heterocycles. The maximum absolute atomic E-state index is 11.9. The van der Waals surface area contributed by atoms with Crippen molar-refractivity contribution in [2.24, 2.45) is 0 Å². The zero-order valence-electron chi connectivity index (χ0n) is 12.2. The lowest BCUT2D eigenvalue weighted by Gasteiger charge is -2.16. The Hall–Kier alpha value is -1.53. The van der Waals surface area contributed by atoms with Gasteiger partial charge in [0.25, 0.3) is 0 Å². The fourth-order valence-corrected chi connectivity index (χ4v) is 2.35. The number of aromatic nitrogens is 2. The number of carbonyl (C=O) groups is 1. The fourth-order valence-electron chi connectivity index (χ4n) is 2.35. The van der Waals surface area contributed by atoms with Crippen LogP contribution in [0.4, 0.5) is 0 Å². The first-order valence-corrected chi connectivity index (χ1v) is 7.01. The van der Waals surface area contributed by atoms with E-state index in [2.05, 4.69) is 22.2 Å². The first-order chi connectivity index (χ1) is 9.71. The Morgan fingerprint density at radius 2 is 2.15 bits per heavy atom. The summed E-state index contributed by atoms with van der Waals surface area (Å²) in [5, 5.41) is 3.19. The average Bonchev–Trinajstić information content (AvgIpc) is 2.93. The molecule has 0 saturated carbocycles. The minimum Gasteiger partial charge on any atom is -0.464 e. The molecular formula is C14H21N3O3. The van der Waals surface area contributed by atoms with Gasteiger partial charge in [0.05, 0.1) is 12.8 Å². The molecule has 0 saturated heterocycles. The zero-order valence-corrected chi connectivity index (χ0v) is 12.2. The van der Waals surface area contributed by atoms with E-state index in [0.717, 1.165) is 24.1 Å². The largest absolute Gasteiger partial charge is 0.464 e. The summed E-state index contributed by atoms with van der Waals surface area (Å²) in [6.07, 6.45) is 1.64. The highest BCUT2D eigenvalue weighted by Gasteiger charge is 2.26. The SMILES string of the molecule is CCCC(OCC)c1nc2c(c(C(=O)OC)n1)CNC2. The molecule has 0 radical (unpaired) electrons. The molecule has 0 bridgehead atoms. The van der Waals surface area contributed by atoms with E-state index < -0.39 is 5.97 Å². The Balaban J connectivity index is 2.41. The first kappa shape index (κ1) is 14.9. The lowest BCUT2D eigenvalue weighted by Crippen LogP contribution is -2.16. The number of nitrogens with one attached hydrogen (secondary N) is 1. The zero-order chi connectivity index (χ0) is 14.5. The molecule has 0 fully saturated rings. The van der Waals surface area contributed by atoms with Gasteiger partial charge in [-0.15, -0.1) is 0 Å². The van der Waals surface area contributed by atoms with E-state index in [1.807, 2.05) is 6.92 Å². The van der Waals surface area contributed by atoms with Crippen LogP contribution in [0.1, 0.15) is 60.4 Å². The Morgan fingerprint density at radius 1 is 1.35 bits per heavy atom. The number of carbonyl (C=O) groups excluding carboxylic acids is 1. The summed E-state index contributed by atoms with van der Waals surface area (Å²) in [6, 6.07) is 0. The molecule has 20 heavy (non-hydrogen) atoms. The maximum Gasteiger partial charge on any atom is 0.357 e. The summed E-state index contributed by atoms with van der Waals surface area (Å²) in [7, 11) is 1.37. The number of fused-ring (bicyclic) bond motifs is 1. The molecule has 0 aromatic carbocycles. The van der Waals surface area contributed by atoms with Gasteiger partial charge in [0.2, 0.25) is 0 Å². The van der Waals surface area contributed by atoms with Crippen LogP contribution in [-0.4, -0.2) is 29.7 Å². The van der Waals surface area contributed by atoms with E-state index in [0.29, 0.717) is 31.2 Å². The molecule has 1 aliphatic heterocycles. The van der Waals surface area contributed by atoms with Gasteiger partial charge in [-0.25, -0.2) is 14.8 Å². The van der Waals surface area contributed by atoms with Crippen LogP contribution in [-0.2, 0) is 22.6 Å². The van der Waals surface area contributed by atoms with E-state index in [1.165, 1.54) is 7.11 Å². The molecule has 1 aromatic rings. The predicted molar refractivity (Wildman–Crippen MR) is 73.2 cm³/mol. The van der Waals surface area contributed by atoms with Gasteiger partial charge in [0.1, 0.15) is 6.10 Å². The number of hydrogen-bond donors (Lipinski definition) is 1. The predicted octanol–water partition coefficient (Wildman–Crippen LogP) is 1.74. The van der Waals surface area contributed by atoms with Crippen molar-refractivity contribution in [3.8, 4) is 0 Å². The Labute approximate surface area is 118 Å². The van der Waals surface area contributed by atoms with Gasteiger partial charge >= 0.3 is 5.97 Å². The van der Waals surface area contributed by atoms with Crippen molar-refractivity contribution in [2.45, 2.75) is 45.9 Å². The molecule has 1 N–H and O–H groups in total. The van der Waals surface area contributed by atoms with Crippen molar-refractivity contribution < 1.29 is 14.3 Å². The van der Waals surface area contributed by atoms with Gasteiger partial charge in [-0.1, -0.05) is 13.3 Å². The molecule has 6 nitrogen and oxygen atoms in total. The summed E-state index contributed by atoms with van der Waals surface area (Å²) in [6.45, 7) is 5.88. The summed E-state index contributed by atoms with van der Waals surface area (Å²) in [5.41, 5.74) is 2.07. The van der Waals surface area contributed by atoms with Gasteiger partial charge in [0.15, 0.2) is 11.5 Å². The van der Waals surface area contributed by atoms with E-state index in [1.54, 1.807) is 0 Å². The molecule has 1 atom stereocenters. The van der Waals surface area contributed by atoms with Crippen LogP contribution in [0.15, 0.2) is 0 Å². The molecule has 2 heterocycles. The van der Waals surface area contributed by atoms with Crippen molar-refractivity contribution in [2.75, 3.05) is 13.7 Å². The first-order valence-electron chi connectivity index (χ1n) is 7.01. The number of ether oxygens (including phenoxy) is 2. The van der Waals surface area contributed by atoms with Crippen molar-refractivity contribution in [1.29, 1.82) is 0 Å². The highest BCUT2D eigenvalue weighted by molar-refractivity contribution is 5.89. The number of esters is 1. The molecule has 1 aliphatic rings. The number of methoxy groups -OCH3 is 1. The topological polar surface area (TPSA) is 73.3 Å². The third-order valence-electron chi connectivity index (χ3n) is 3.29. The maximum atomic E-state index is 11.9. The van der Waals surface area contributed by atoms with Gasteiger partial charge in [0, 0.05) is 25.3 Å². The standard InChI is InChI=1S/C14H21N3O3/c1-4-6-11(20-5-2)13-16-10-8-15-7-9(10)12(17-13)14(18)19-3/h11,15H,4-8H2,1-3H3. The molecule has 0 spiro atoms. The minimum absolute atomic E-state index is 0.167. The lowest BCUT2D eigenvalue weighted by atomic mass is 10.1. The summed E-state index contributed by atoms with van der Waals surface area (Å²) in [4.78, 5) is 20.8. The molecule has 6 heteroatoms. The van der Waals surface area contributed by atoms with Crippen molar-refractivity contribution in [3.05, 3.63) is 22.8 Å². The van der Waals surface area contributed by atoms with Crippen LogP contribution >= 0.6 is 0 Å². The Kier molecular flexibility index (Phi) is 5.03. The van der Waals surface area contributed by atoms with Gasteiger partial charge < -0.3 is 14.8 Å². The second kappa shape index (κ2) is 6.76. The smallest absolute Gasteiger partial charge is 0.357 e. The molecular weight excluding hydrogens is 258 g/mol. The van der Waals surface area contributed by atoms with Crippen LogP contribution in [0, 0.1) is 0 Å². The fraction of sp³-hybridized carbons (Fsp3) is 0.643. The average molecular weight is 279 g/mol. The monoisotopic (exact) mass is 279 g/mol. The van der Waals surface area contributed by atoms with E-state index in [-0.39, 0.29) is 6.10 Å². The van der Waals surface area contributed by atoms with Crippen LogP contribution < -0.4 is 5.32 Å². The summed E-state index contributed by atoms with van der Waals surface area (Å²) < 4.78 is 10.5. The third kappa shape index (κ3) is 2.96. The van der Waals surface area contributed by atoms with Crippen LogP contribution in [0.2, 0.25) is 0 Å².